The average molecular weight is 238 g/mol. The van der Waals surface area contributed by atoms with Crippen molar-refractivity contribution < 1.29 is 13.2 Å². The minimum absolute atomic E-state index is 0.114. The fraction of sp³-hybridized carbons (Fsp3) is 1.00. The van der Waals surface area contributed by atoms with Crippen molar-refractivity contribution in [2.75, 3.05) is 32.0 Å². The molecule has 92 valence electrons. The normalized spacial score (nSPS) is 12.3. The van der Waals surface area contributed by atoms with Gasteiger partial charge in [-0.2, -0.15) is 0 Å². The fourth-order valence-electron chi connectivity index (χ4n) is 0.947. The van der Waals surface area contributed by atoms with Crippen molar-refractivity contribution in [1.82, 2.24) is 10.0 Å². The lowest BCUT2D eigenvalue weighted by Gasteiger charge is -2.09. The Balaban J connectivity index is 3.56. The van der Waals surface area contributed by atoms with Gasteiger partial charge in [0.2, 0.25) is 10.0 Å². The van der Waals surface area contributed by atoms with Crippen LogP contribution in [0, 0.1) is 0 Å². The highest BCUT2D eigenvalue weighted by molar-refractivity contribution is 7.89. The van der Waals surface area contributed by atoms with Crippen LogP contribution in [0.2, 0.25) is 0 Å². The van der Waals surface area contributed by atoms with Crippen LogP contribution in [0.25, 0.3) is 0 Å². The Hall–Kier alpha value is -0.170. The Labute approximate surface area is 92.6 Å². The van der Waals surface area contributed by atoms with Gasteiger partial charge in [0.1, 0.15) is 0 Å². The standard InChI is InChI=1S/C9H22N2O3S/c1-4-10-6-8-15(12,13)11-5-7-14-9(2)3/h9-11H,4-8H2,1-3H3. The third-order valence-corrected chi connectivity index (χ3v) is 3.06. The van der Waals surface area contributed by atoms with Crippen LogP contribution in [-0.4, -0.2) is 46.5 Å². The zero-order valence-electron chi connectivity index (χ0n) is 9.75. The monoisotopic (exact) mass is 238 g/mol. The van der Waals surface area contributed by atoms with Crippen molar-refractivity contribution in [2.24, 2.45) is 0 Å². The van der Waals surface area contributed by atoms with Crippen LogP contribution >= 0.6 is 0 Å². The molecule has 0 aliphatic rings. The topological polar surface area (TPSA) is 67.4 Å². The van der Waals surface area contributed by atoms with Gasteiger partial charge in [-0.25, -0.2) is 13.1 Å². The lowest BCUT2D eigenvalue weighted by molar-refractivity contribution is 0.0834. The minimum atomic E-state index is -3.14. The molecule has 0 aromatic carbocycles. The smallest absolute Gasteiger partial charge is 0.212 e. The van der Waals surface area contributed by atoms with E-state index in [4.69, 9.17) is 4.74 Å². The van der Waals surface area contributed by atoms with Crippen LogP contribution in [-0.2, 0) is 14.8 Å². The molecule has 2 N–H and O–H groups in total. The SMILES string of the molecule is CCNCCS(=O)(=O)NCCOC(C)C. The molecular formula is C9H22N2O3S. The zero-order chi connectivity index (χ0) is 11.7. The molecule has 0 aromatic rings. The molecule has 0 bridgehead atoms. The number of hydrogen-bond donors (Lipinski definition) is 2. The van der Waals surface area contributed by atoms with Gasteiger partial charge >= 0.3 is 0 Å². The molecule has 0 aromatic heterocycles. The lowest BCUT2D eigenvalue weighted by atomic mass is 10.5. The van der Waals surface area contributed by atoms with Crippen LogP contribution in [0.15, 0.2) is 0 Å². The molecule has 0 saturated carbocycles. The van der Waals surface area contributed by atoms with Crippen LogP contribution in [0.3, 0.4) is 0 Å². The molecule has 6 heteroatoms. The summed E-state index contributed by atoms with van der Waals surface area (Å²) in [5, 5.41) is 2.96. The van der Waals surface area contributed by atoms with Crippen molar-refractivity contribution in [2.45, 2.75) is 26.9 Å². The van der Waals surface area contributed by atoms with Crippen LogP contribution in [0.5, 0.6) is 0 Å². The molecule has 0 aliphatic heterocycles. The van der Waals surface area contributed by atoms with Crippen LogP contribution < -0.4 is 10.0 Å². The van der Waals surface area contributed by atoms with E-state index < -0.39 is 10.0 Å². The van der Waals surface area contributed by atoms with Gasteiger partial charge in [-0.05, 0) is 20.4 Å². The highest BCUT2D eigenvalue weighted by atomic mass is 32.2. The molecule has 0 aliphatic carbocycles. The fourth-order valence-corrected chi connectivity index (χ4v) is 1.90. The van der Waals surface area contributed by atoms with Gasteiger partial charge in [0, 0.05) is 13.1 Å². The van der Waals surface area contributed by atoms with Crippen molar-refractivity contribution in [3.8, 4) is 0 Å². The first-order valence-electron chi connectivity index (χ1n) is 5.27. The van der Waals surface area contributed by atoms with Gasteiger partial charge in [0.05, 0.1) is 18.5 Å². The maximum atomic E-state index is 11.3. The summed E-state index contributed by atoms with van der Waals surface area (Å²) in [6.07, 6.45) is 0.135. The zero-order valence-corrected chi connectivity index (χ0v) is 10.6. The van der Waals surface area contributed by atoms with E-state index in [1.54, 1.807) is 0 Å². The molecule has 0 spiro atoms. The van der Waals surface area contributed by atoms with E-state index >= 15 is 0 Å². The maximum Gasteiger partial charge on any atom is 0.212 e. The molecular weight excluding hydrogens is 216 g/mol. The van der Waals surface area contributed by atoms with E-state index in [9.17, 15) is 8.42 Å². The number of nitrogens with one attached hydrogen (secondary N) is 2. The Morgan fingerprint density at radius 1 is 1.27 bits per heavy atom. The Bertz CT molecular complexity index is 240. The number of hydrogen-bond acceptors (Lipinski definition) is 4. The average Bonchev–Trinajstić information content (AvgIpc) is 2.13. The quantitative estimate of drug-likeness (QED) is 0.552. The van der Waals surface area contributed by atoms with E-state index in [0.29, 0.717) is 19.7 Å². The maximum absolute atomic E-state index is 11.3. The summed E-state index contributed by atoms with van der Waals surface area (Å²) in [4.78, 5) is 0. The summed E-state index contributed by atoms with van der Waals surface area (Å²) in [6.45, 7) is 7.80. The van der Waals surface area contributed by atoms with Gasteiger partial charge in [0.15, 0.2) is 0 Å². The Morgan fingerprint density at radius 3 is 2.47 bits per heavy atom. The van der Waals surface area contributed by atoms with Crippen molar-refractivity contribution in [1.29, 1.82) is 0 Å². The highest BCUT2D eigenvalue weighted by Crippen LogP contribution is 1.87. The predicted octanol–water partition coefficient (Wildman–Crippen LogP) is -0.0597. The molecule has 15 heavy (non-hydrogen) atoms. The van der Waals surface area contributed by atoms with Crippen LogP contribution in [0.1, 0.15) is 20.8 Å². The summed E-state index contributed by atoms with van der Waals surface area (Å²) in [5.74, 6) is 0.114. The van der Waals surface area contributed by atoms with Gasteiger partial charge in [-0.3, -0.25) is 0 Å². The van der Waals surface area contributed by atoms with E-state index in [2.05, 4.69) is 10.0 Å². The predicted molar refractivity (Wildman–Crippen MR) is 61.4 cm³/mol. The third kappa shape index (κ3) is 10.1. The number of ether oxygens (including phenoxy) is 1. The number of rotatable bonds is 9. The molecule has 0 saturated heterocycles. The van der Waals surface area contributed by atoms with Crippen LogP contribution in [0.4, 0.5) is 0 Å². The molecule has 0 amide bonds. The summed E-state index contributed by atoms with van der Waals surface area (Å²) in [6, 6.07) is 0. The largest absolute Gasteiger partial charge is 0.377 e. The molecule has 0 heterocycles. The minimum Gasteiger partial charge on any atom is -0.377 e. The molecule has 0 fully saturated rings. The van der Waals surface area contributed by atoms with Gasteiger partial charge < -0.3 is 10.1 Å². The van der Waals surface area contributed by atoms with E-state index in [1.807, 2.05) is 20.8 Å². The van der Waals surface area contributed by atoms with Gasteiger partial charge in [-0.1, -0.05) is 6.92 Å². The summed E-state index contributed by atoms with van der Waals surface area (Å²) in [7, 11) is -3.14. The third-order valence-electron chi connectivity index (χ3n) is 1.67. The Morgan fingerprint density at radius 2 is 1.93 bits per heavy atom. The molecule has 0 unspecified atom stereocenters. The summed E-state index contributed by atoms with van der Waals surface area (Å²) in [5.41, 5.74) is 0. The van der Waals surface area contributed by atoms with Gasteiger partial charge in [0.25, 0.3) is 0 Å². The summed E-state index contributed by atoms with van der Waals surface area (Å²) < 4.78 is 30.4. The van der Waals surface area contributed by atoms with Gasteiger partial charge in [-0.15, -0.1) is 0 Å². The second kappa shape index (κ2) is 8.04. The lowest BCUT2D eigenvalue weighted by Crippen LogP contribution is -2.34. The first-order chi connectivity index (χ1) is 6.98. The Kier molecular flexibility index (Phi) is 7.95. The first kappa shape index (κ1) is 14.8. The molecule has 0 rings (SSSR count). The van der Waals surface area contributed by atoms with Crippen molar-refractivity contribution >= 4 is 10.0 Å². The second-order valence-corrected chi connectivity index (χ2v) is 5.41. The van der Waals surface area contributed by atoms with E-state index in [0.717, 1.165) is 6.54 Å². The molecule has 0 atom stereocenters. The van der Waals surface area contributed by atoms with E-state index in [1.165, 1.54) is 0 Å². The second-order valence-electron chi connectivity index (χ2n) is 3.49. The van der Waals surface area contributed by atoms with Crippen molar-refractivity contribution in [3.63, 3.8) is 0 Å². The summed E-state index contributed by atoms with van der Waals surface area (Å²) >= 11 is 0. The number of sulfonamides is 1. The molecule has 5 nitrogen and oxygen atoms in total. The highest BCUT2D eigenvalue weighted by Gasteiger charge is 2.08. The van der Waals surface area contributed by atoms with Crippen molar-refractivity contribution in [3.05, 3.63) is 0 Å². The first-order valence-corrected chi connectivity index (χ1v) is 6.93. The molecule has 0 radical (unpaired) electrons. The van der Waals surface area contributed by atoms with E-state index in [-0.39, 0.29) is 11.9 Å².